The molecule has 12 atom stereocenters. The minimum atomic E-state index is -0.947. The molecule has 1 saturated heterocycles. The van der Waals surface area contributed by atoms with Crippen LogP contribution in [0.3, 0.4) is 0 Å². The zero-order chi connectivity index (χ0) is 28.9. The van der Waals surface area contributed by atoms with Crippen molar-refractivity contribution in [3.63, 3.8) is 0 Å². The molecule has 0 N–H and O–H groups in total. The Bertz CT molecular complexity index is 1100. The van der Waals surface area contributed by atoms with Crippen molar-refractivity contribution in [1.29, 1.82) is 0 Å². The molecule has 6 rings (SSSR count). The predicted molar refractivity (Wildman–Crippen MR) is 187 cm³/mol. The van der Waals surface area contributed by atoms with Crippen LogP contribution in [0.15, 0.2) is 0 Å². The fourth-order valence-electron chi connectivity index (χ4n) is 10.6. The molecule has 5 aliphatic carbocycles. The highest BCUT2D eigenvalue weighted by Gasteiger charge is 2.64. The largest absolute Gasteiger partial charge is 0.460 e. The van der Waals surface area contributed by atoms with Crippen LogP contribution in [0.5, 0.6) is 0 Å². The summed E-state index contributed by atoms with van der Waals surface area (Å²) in [7, 11) is 0. The number of carbonyl (C=O) groups is 4. The van der Waals surface area contributed by atoms with Gasteiger partial charge in [-0.1, -0.05) is 57.9 Å². The maximum Gasteiger partial charge on any atom is 0.317 e. The highest BCUT2D eigenvalue weighted by Crippen LogP contribution is 2.64. The first kappa shape index (κ1) is 44.1. The molecule has 1 heterocycles. The fraction of sp³-hybridized carbons (Fsp3) is 0.897. The lowest BCUT2D eigenvalue weighted by Crippen LogP contribution is -2.46. The fourth-order valence-corrected chi connectivity index (χ4v) is 10.6. The highest BCUT2D eigenvalue weighted by molar-refractivity contribution is 5.97. The molecular weight excluding hydrogens is 580 g/mol. The van der Waals surface area contributed by atoms with Gasteiger partial charge in [-0.3, -0.25) is 19.2 Å². The van der Waals surface area contributed by atoms with Crippen molar-refractivity contribution in [2.75, 3.05) is 0 Å². The lowest BCUT2D eigenvalue weighted by molar-refractivity contribution is -0.179. The van der Waals surface area contributed by atoms with Gasteiger partial charge < -0.3 is 14.2 Å². The molecule has 12 unspecified atom stereocenters. The van der Waals surface area contributed by atoms with Gasteiger partial charge in [-0.15, -0.1) is 0 Å². The normalized spacial score (nSPS) is 39.7. The molecule has 0 aromatic carbocycles. The number of cyclic esters (lactones) is 2. The van der Waals surface area contributed by atoms with Crippen molar-refractivity contribution >= 4 is 23.9 Å². The summed E-state index contributed by atoms with van der Waals surface area (Å²) in [6, 6.07) is 0. The number of hydrogen-bond acceptors (Lipinski definition) is 7. The van der Waals surface area contributed by atoms with Gasteiger partial charge in [0.05, 0.1) is 23.2 Å². The maximum atomic E-state index is 13.7. The topological polar surface area (TPSA) is 96.0 Å². The van der Waals surface area contributed by atoms with Gasteiger partial charge in [0.15, 0.2) is 0 Å². The third kappa shape index (κ3) is 7.09. The first-order valence-electron chi connectivity index (χ1n) is 15.8. The zero-order valence-electron chi connectivity index (χ0n) is 25.4. The lowest BCUT2D eigenvalue weighted by Gasteiger charge is -2.42. The smallest absolute Gasteiger partial charge is 0.317 e. The van der Waals surface area contributed by atoms with Gasteiger partial charge in [-0.05, 0) is 128 Å². The number of esters is 4. The molecule has 270 valence electrons. The molecule has 0 amide bonds. The van der Waals surface area contributed by atoms with Crippen LogP contribution >= 0.6 is 0 Å². The summed E-state index contributed by atoms with van der Waals surface area (Å²) in [5, 5.41) is 0. The van der Waals surface area contributed by atoms with Crippen LogP contribution in [0.1, 0.15) is 144 Å². The van der Waals surface area contributed by atoms with Gasteiger partial charge in [0.25, 0.3) is 0 Å². The summed E-state index contributed by atoms with van der Waals surface area (Å²) in [4.78, 5) is 53.2. The Morgan fingerprint density at radius 1 is 0.848 bits per heavy atom. The molecule has 6 fully saturated rings. The van der Waals surface area contributed by atoms with E-state index in [1.807, 2.05) is 34.6 Å². The summed E-state index contributed by atoms with van der Waals surface area (Å²) in [5.41, 5.74) is -1.98. The number of ether oxygens (including phenoxy) is 3. The van der Waals surface area contributed by atoms with E-state index in [2.05, 4.69) is 13.8 Å². The van der Waals surface area contributed by atoms with E-state index in [9.17, 15) is 19.2 Å². The van der Waals surface area contributed by atoms with E-state index in [0.29, 0.717) is 23.7 Å². The van der Waals surface area contributed by atoms with Gasteiger partial charge in [0.2, 0.25) is 0 Å². The SMILES string of the molecule is C.C.C.C.C.C.CC1C2CC(C(=O)OC(C)(C)C)C(C2)C1C1C(=O)OC(=O)C1CC(C)(C)C(=O)OC1(C)CC2CC1C1CCCC21. The Morgan fingerprint density at radius 3 is 2.04 bits per heavy atom. The molecule has 0 aromatic heterocycles. The Kier molecular flexibility index (Phi) is 14.1. The second-order valence-corrected chi connectivity index (χ2v) is 16.2. The van der Waals surface area contributed by atoms with Crippen molar-refractivity contribution in [2.45, 2.75) is 156 Å². The molecule has 46 heavy (non-hydrogen) atoms. The van der Waals surface area contributed by atoms with Crippen molar-refractivity contribution in [3.8, 4) is 0 Å². The number of carbonyl (C=O) groups excluding carboxylic acids is 4. The summed E-state index contributed by atoms with van der Waals surface area (Å²) in [6.07, 6.45) is 7.76. The van der Waals surface area contributed by atoms with Crippen LogP contribution in [0, 0.1) is 70.5 Å². The molecule has 4 bridgehead atoms. The van der Waals surface area contributed by atoms with Crippen LogP contribution in [0.4, 0.5) is 0 Å². The van der Waals surface area contributed by atoms with E-state index in [0.717, 1.165) is 31.6 Å². The Morgan fingerprint density at radius 2 is 1.46 bits per heavy atom. The average molecular weight is 653 g/mol. The second-order valence-electron chi connectivity index (χ2n) is 16.2. The average Bonchev–Trinajstić information content (AvgIpc) is 3.64. The molecule has 0 radical (unpaired) electrons. The van der Waals surface area contributed by atoms with E-state index < -0.39 is 40.4 Å². The minimum absolute atomic E-state index is 0. The van der Waals surface area contributed by atoms with Crippen LogP contribution in [0.2, 0.25) is 0 Å². The monoisotopic (exact) mass is 653 g/mol. The van der Waals surface area contributed by atoms with Crippen molar-refractivity contribution in [1.82, 2.24) is 0 Å². The lowest BCUT2D eigenvalue weighted by atomic mass is 9.64. The van der Waals surface area contributed by atoms with Gasteiger partial charge >= 0.3 is 23.9 Å². The number of fused-ring (bicyclic) bond motifs is 7. The number of rotatable bonds is 6. The second kappa shape index (κ2) is 14.7. The molecule has 6 aliphatic rings. The molecule has 7 heteroatoms. The van der Waals surface area contributed by atoms with Gasteiger partial charge in [-0.25, -0.2) is 0 Å². The quantitative estimate of drug-likeness (QED) is 0.160. The molecule has 1 aliphatic heterocycles. The first-order valence-corrected chi connectivity index (χ1v) is 15.8. The zero-order valence-corrected chi connectivity index (χ0v) is 25.4. The van der Waals surface area contributed by atoms with E-state index in [4.69, 9.17) is 14.2 Å². The number of hydrogen-bond donors (Lipinski definition) is 0. The first-order chi connectivity index (χ1) is 18.6. The predicted octanol–water partition coefficient (Wildman–Crippen LogP) is 9.54. The van der Waals surface area contributed by atoms with E-state index >= 15 is 0 Å². The third-order valence-electron chi connectivity index (χ3n) is 12.2. The highest BCUT2D eigenvalue weighted by atomic mass is 16.6. The van der Waals surface area contributed by atoms with E-state index in [1.54, 1.807) is 0 Å². The van der Waals surface area contributed by atoms with Gasteiger partial charge in [0.1, 0.15) is 11.2 Å². The van der Waals surface area contributed by atoms with Gasteiger partial charge in [-0.2, -0.15) is 0 Å². The van der Waals surface area contributed by atoms with Crippen molar-refractivity contribution < 1.29 is 33.4 Å². The summed E-state index contributed by atoms with van der Waals surface area (Å²) < 4.78 is 17.4. The molecular formula is C39H72O7. The Balaban J connectivity index is 0.00000337. The van der Waals surface area contributed by atoms with Crippen LogP contribution in [-0.2, 0) is 33.4 Å². The summed E-state index contributed by atoms with van der Waals surface area (Å²) >= 11 is 0. The standard InChI is InChI=1S/C33H48O7.6CH4/c1-16-17-11-21(22(12-17)28(35)39-31(2,3)4)25(16)26-23(27(34)38-29(26)36)15-32(5,6)30(37)40-33(7)14-18-13-24(33)20-10-8-9-19(18)20;;;;;;/h16-26H,8-15H2,1-7H3;6*1H4. The van der Waals surface area contributed by atoms with Crippen LogP contribution in [-0.4, -0.2) is 35.1 Å². The summed E-state index contributed by atoms with van der Waals surface area (Å²) in [5.74, 6) is -0.279. The van der Waals surface area contributed by atoms with Crippen LogP contribution in [0.25, 0.3) is 0 Å². The van der Waals surface area contributed by atoms with Crippen molar-refractivity contribution in [2.24, 2.45) is 70.5 Å². The van der Waals surface area contributed by atoms with E-state index in [1.165, 1.54) is 19.3 Å². The molecule has 0 spiro atoms. The molecule has 7 nitrogen and oxygen atoms in total. The Hall–Kier alpha value is -1.92. The molecule has 0 aromatic rings. The van der Waals surface area contributed by atoms with Crippen LogP contribution < -0.4 is 0 Å². The minimum Gasteiger partial charge on any atom is -0.460 e. The van der Waals surface area contributed by atoms with E-state index in [-0.39, 0.29) is 86.6 Å². The maximum absolute atomic E-state index is 13.7. The Labute approximate surface area is 283 Å². The van der Waals surface area contributed by atoms with Gasteiger partial charge in [0, 0.05) is 5.92 Å². The summed E-state index contributed by atoms with van der Waals surface area (Å²) in [6.45, 7) is 13.5. The molecule has 5 saturated carbocycles. The third-order valence-corrected chi connectivity index (χ3v) is 12.2. The van der Waals surface area contributed by atoms with Crippen molar-refractivity contribution in [3.05, 3.63) is 0 Å².